The van der Waals surface area contributed by atoms with Crippen LogP contribution in [0.15, 0.2) is 24.5 Å². The van der Waals surface area contributed by atoms with Gasteiger partial charge in [0.05, 0.1) is 12.5 Å². The number of pyridine rings is 1. The highest BCUT2D eigenvalue weighted by atomic mass is 16.2. The molecule has 1 fully saturated rings. The maximum Gasteiger partial charge on any atom is 0.224 e. The Morgan fingerprint density at radius 1 is 1.48 bits per heavy atom. The molecule has 1 aromatic rings. The minimum Gasteiger partial charge on any atom is -0.351 e. The molecule has 0 aliphatic carbocycles. The van der Waals surface area contributed by atoms with Gasteiger partial charge < -0.3 is 10.2 Å². The standard InChI is InChI=1S/C16H23N3O2/c1-16(2,3)11-19-10-13(8-15(19)21)18-14(20)7-12-5-4-6-17-9-12/h4-6,9,13H,7-8,10-11H2,1-3H3,(H,18,20)/t13-/m0/s1. The SMILES string of the molecule is CC(C)(C)CN1C[C@@H](NC(=O)Cc2cccnc2)CC1=O. The zero-order chi connectivity index (χ0) is 15.5. The molecule has 1 atom stereocenters. The molecule has 1 aromatic heterocycles. The van der Waals surface area contributed by atoms with Crippen molar-refractivity contribution in [2.24, 2.45) is 5.41 Å². The predicted octanol–water partition coefficient (Wildman–Crippen LogP) is 1.39. The molecule has 1 N–H and O–H groups in total. The largest absolute Gasteiger partial charge is 0.351 e. The van der Waals surface area contributed by atoms with E-state index in [2.05, 4.69) is 31.1 Å². The van der Waals surface area contributed by atoms with Crippen LogP contribution in [0.2, 0.25) is 0 Å². The van der Waals surface area contributed by atoms with Crippen molar-refractivity contribution in [2.45, 2.75) is 39.7 Å². The molecule has 0 radical (unpaired) electrons. The number of aromatic nitrogens is 1. The van der Waals surface area contributed by atoms with Crippen LogP contribution >= 0.6 is 0 Å². The quantitative estimate of drug-likeness (QED) is 0.911. The van der Waals surface area contributed by atoms with E-state index in [1.165, 1.54) is 0 Å². The van der Waals surface area contributed by atoms with E-state index >= 15 is 0 Å². The molecule has 1 aliphatic heterocycles. The Balaban J connectivity index is 1.84. The van der Waals surface area contributed by atoms with Crippen molar-refractivity contribution < 1.29 is 9.59 Å². The third-order valence-corrected chi connectivity index (χ3v) is 3.33. The van der Waals surface area contributed by atoms with Gasteiger partial charge in [0.15, 0.2) is 0 Å². The minimum atomic E-state index is -0.0796. The molecule has 2 amide bonds. The molecule has 0 bridgehead atoms. The smallest absolute Gasteiger partial charge is 0.224 e. The van der Waals surface area contributed by atoms with Crippen molar-refractivity contribution >= 4 is 11.8 Å². The third kappa shape index (κ3) is 4.85. The number of carbonyl (C=O) groups is 2. The maximum atomic E-state index is 12.0. The van der Waals surface area contributed by atoms with Gasteiger partial charge in [0, 0.05) is 31.9 Å². The van der Waals surface area contributed by atoms with Crippen molar-refractivity contribution in [3.05, 3.63) is 30.1 Å². The molecule has 2 rings (SSSR count). The number of hydrogen-bond donors (Lipinski definition) is 1. The van der Waals surface area contributed by atoms with Gasteiger partial charge in [-0.2, -0.15) is 0 Å². The zero-order valence-corrected chi connectivity index (χ0v) is 12.9. The zero-order valence-electron chi connectivity index (χ0n) is 12.9. The number of nitrogens with one attached hydrogen (secondary N) is 1. The van der Waals surface area contributed by atoms with Crippen LogP contribution in [0.25, 0.3) is 0 Å². The van der Waals surface area contributed by atoms with Gasteiger partial charge in [-0.15, -0.1) is 0 Å². The molecule has 5 nitrogen and oxygen atoms in total. The van der Waals surface area contributed by atoms with E-state index in [0.717, 1.165) is 12.1 Å². The van der Waals surface area contributed by atoms with E-state index in [9.17, 15) is 9.59 Å². The van der Waals surface area contributed by atoms with Gasteiger partial charge in [-0.05, 0) is 17.0 Å². The minimum absolute atomic E-state index is 0.0570. The first-order valence-corrected chi connectivity index (χ1v) is 7.29. The monoisotopic (exact) mass is 289 g/mol. The molecule has 1 saturated heterocycles. The van der Waals surface area contributed by atoms with Gasteiger partial charge in [0.2, 0.25) is 11.8 Å². The van der Waals surface area contributed by atoms with Crippen LogP contribution in [0.1, 0.15) is 32.8 Å². The summed E-state index contributed by atoms with van der Waals surface area (Å²) in [5.74, 6) is 0.0648. The molecule has 21 heavy (non-hydrogen) atoms. The lowest BCUT2D eigenvalue weighted by Gasteiger charge is -2.26. The van der Waals surface area contributed by atoms with Gasteiger partial charge >= 0.3 is 0 Å². The summed E-state index contributed by atoms with van der Waals surface area (Å²) in [5, 5.41) is 2.94. The molecular formula is C16H23N3O2. The van der Waals surface area contributed by atoms with E-state index in [1.54, 1.807) is 12.4 Å². The summed E-state index contributed by atoms with van der Waals surface area (Å²) < 4.78 is 0. The van der Waals surface area contributed by atoms with Gasteiger partial charge in [0.25, 0.3) is 0 Å². The van der Waals surface area contributed by atoms with Crippen molar-refractivity contribution in [3.63, 3.8) is 0 Å². The first-order valence-electron chi connectivity index (χ1n) is 7.29. The summed E-state index contributed by atoms with van der Waals surface area (Å²) in [4.78, 5) is 29.8. The lowest BCUT2D eigenvalue weighted by atomic mass is 9.96. The van der Waals surface area contributed by atoms with Gasteiger partial charge in [-0.3, -0.25) is 14.6 Å². The Kier molecular flexibility index (Phi) is 4.60. The van der Waals surface area contributed by atoms with Crippen LogP contribution in [0.4, 0.5) is 0 Å². The van der Waals surface area contributed by atoms with Gasteiger partial charge in [-0.1, -0.05) is 26.8 Å². The fourth-order valence-corrected chi connectivity index (χ4v) is 2.56. The number of likely N-dealkylation sites (tertiary alicyclic amines) is 1. The summed E-state index contributed by atoms with van der Waals surface area (Å²) in [6.07, 6.45) is 4.07. The number of rotatable bonds is 4. The van der Waals surface area contributed by atoms with Crippen molar-refractivity contribution in [2.75, 3.05) is 13.1 Å². The normalized spacial score (nSPS) is 18.9. The highest BCUT2D eigenvalue weighted by molar-refractivity contribution is 5.83. The van der Waals surface area contributed by atoms with Gasteiger partial charge in [-0.25, -0.2) is 0 Å². The molecule has 0 spiro atoms. The Bertz CT molecular complexity index is 508. The topological polar surface area (TPSA) is 62.3 Å². The van der Waals surface area contributed by atoms with Crippen molar-refractivity contribution in [1.82, 2.24) is 15.2 Å². The summed E-state index contributed by atoms with van der Waals surface area (Å²) >= 11 is 0. The second kappa shape index (κ2) is 6.24. The number of carbonyl (C=O) groups excluding carboxylic acids is 2. The summed E-state index contributed by atoms with van der Waals surface area (Å²) in [6.45, 7) is 7.65. The average molecular weight is 289 g/mol. The molecule has 114 valence electrons. The summed E-state index contributed by atoms with van der Waals surface area (Å²) in [5.41, 5.74) is 0.954. The van der Waals surface area contributed by atoms with E-state index in [4.69, 9.17) is 0 Å². The Hall–Kier alpha value is -1.91. The second-order valence-electron chi connectivity index (χ2n) is 6.84. The van der Waals surface area contributed by atoms with Crippen molar-refractivity contribution in [1.29, 1.82) is 0 Å². The van der Waals surface area contributed by atoms with E-state index in [-0.39, 0.29) is 23.3 Å². The summed E-state index contributed by atoms with van der Waals surface area (Å²) in [6, 6.07) is 3.61. The molecule has 0 unspecified atom stereocenters. The van der Waals surface area contributed by atoms with Gasteiger partial charge in [0.1, 0.15) is 0 Å². The molecule has 5 heteroatoms. The first kappa shape index (κ1) is 15.5. The lowest BCUT2D eigenvalue weighted by molar-refractivity contribution is -0.128. The second-order valence-corrected chi connectivity index (χ2v) is 6.84. The molecule has 0 aromatic carbocycles. The number of nitrogens with zero attached hydrogens (tertiary/aromatic N) is 2. The Labute approximate surface area is 125 Å². The van der Waals surface area contributed by atoms with Crippen LogP contribution in [0.5, 0.6) is 0 Å². The molecule has 1 aliphatic rings. The molecular weight excluding hydrogens is 266 g/mol. The Morgan fingerprint density at radius 3 is 2.86 bits per heavy atom. The van der Waals surface area contributed by atoms with E-state index in [0.29, 0.717) is 19.4 Å². The lowest BCUT2D eigenvalue weighted by Crippen LogP contribution is -2.39. The van der Waals surface area contributed by atoms with Crippen LogP contribution in [-0.2, 0) is 16.0 Å². The van der Waals surface area contributed by atoms with Crippen LogP contribution in [0, 0.1) is 5.41 Å². The van der Waals surface area contributed by atoms with E-state index in [1.807, 2.05) is 17.0 Å². The van der Waals surface area contributed by atoms with Crippen LogP contribution < -0.4 is 5.32 Å². The molecule has 2 heterocycles. The highest BCUT2D eigenvalue weighted by Gasteiger charge is 2.32. The Morgan fingerprint density at radius 2 is 2.24 bits per heavy atom. The predicted molar refractivity (Wildman–Crippen MR) is 80.5 cm³/mol. The molecule has 0 saturated carbocycles. The van der Waals surface area contributed by atoms with E-state index < -0.39 is 0 Å². The highest BCUT2D eigenvalue weighted by Crippen LogP contribution is 2.20. The fraction of sp³-hybridized carbons (Fsp3) is 0.562. The number of amides is 2. The van der Waals surface area contributed by atoms with Crippen LogP contribution in [0.3, 0.4) is 0 Å². The van der Waals surface area contributed by atoms with Crippen molar-refractivity contribution in [3.8, 4) is 0 Å². The first-order chi connectivity index (χ1) is 9.83. The number of hydrogen-bond acceptors (Lipinski definition) is 3. The average Bonchev–Trinajstić information content (AvgIpc) is 2.68. The summed E-state index contributed by atoms with van der Waals surface area (Å²) in [7, 11) is 0. The fourth-order valence-electron chi connectivity index (χ4n) is 2.56. The maximum absolute atomic E-state index is 12.0. The van der Waals surface area contributed by atoms with Crippen LogP contribution in [-0.4, -0.2) is 40.8 Å². The third-order valence-electron chi connectivity index (χ3n) is 3.33.